The van der Waals surface area contributed by atoms with E-state index in [0.29, 0.717) is 5.41 Å². The Morgan fingerprint density at radius 3 is 2.35 bits per heavy atom. The molecule has 0 aliphatic heterocycles. The molecule has 0 amide bonds. The van der Waals surface area contributed by atoms with Crippen molar-refractivity contribution in [2.45, 2.75) is 64.5 Å². The maximum atomic E-state index is 5.85. The topological polar surface area (TPSA) is 56.7 Å². The van der Waals surface area contributed by atoms with Gasteiger partial charge in [-0.2, -0.15) is 0 Å². The van der Waals surface area contributed by atoms with E-state index in [0.717, 1.165) is 30.0 Å². The third-order valence-electron chi connectivity index (χ3n) is 6.06. The first-order valence-corrected chi connectivity index (χ1v) is 8.27. The second-order valence-electron chi connectivity index (χ2n) is 7.86. The fourth-order valence-electron chi connectivity index (χ4n) is 5.58. The fraction of sp³-hybridized carbons (Fsp3) is 0.875. The van der Waals surface area contributed by atoms with E-state index in [-0.39, 0.29) is 6.04 Å². The van der Waals surface area contributed by atoms with Gasteiger partial charge in [0.15, 0.2) is 0 Å². The van der Waals surface area contributed by atoms with E-state index in [9.17, 15) is 0 Å². The van der Waals surface area contributed by atoms with Gasteiger partial charge in [0.25, 0.3) is 0 Å². The van der Waals surface area contributed by atoms with Crippen molar-refractivity contribution in [1.82, 2.24) is 15.0 Å². The van der Waals surface area contributed by atoms with Crippen LogP contribution >= 0.6 is 0 Å². The highest BCUT2D eigenvalue weighted by Crippen LogP contribution is 2.61. The van der Waals surface area contributed by atoms with Crippen molar-refractivity contribution < 1.29 is 0 Å². The lowest BCUT2D eigenvalue weighted by Gasteiger charge is -2.57. The first-order valence-electron chi connectivity index (χ1n) is 8.27. The molecule has 0 aromatic carbocycles. The van der Waals surface area contributed by atoms with Crippen molar-refractivity contribution in [3.8, 4) is 0 Å². The minimum Gasteiger partial charge on any atom is -0.323 e. The van der Waals surface area contributed by atoms with E-state index in [2.05, 4.69) is 10.3 Å². The molecule has 0 spiro atoms. The molecule has 2 N–H and O–H groups in total. The van der Waals surface area contributed by atoms with Gasteiger partial charge < -0.3 is 5.73 Å². The predicted molar refractivity (Wildman–Crippen MR) is 77.8 cm³/mol. The van der Waals surface area contributed by atoms with Gasteiger partial charge in [0.1, 0.15) is 0 Å². The van der Waals surface area contributed by atoms with E-state index in [1.54, 1.807) is 0 Å². The van der Waals surface area contributed by atoms with Crippen LogP contribution in [0.25, 0.3) is 0 Å². The number of rotatable bonds is 4. The number of hydrogen-bond donors (Lipinski definition) is 1. The largest absolute Gasteiger partial charge is 0.323 e. The molecule has 4 saturated carbocycles. The number of aromatic nitrogens is 3. The molecule has 4 nitrogen and oxygen atoms in total. The fourth-order valence-corrected chi connectivity index (χ4v) is 5.58. The van der Waals surface area contributed by atoms with Crippen LogP contribution in [-0.2, 0) is 6.54 Å². The van der Waals surface area contributed by atoms with Crippen LogP contribution in [0, 0.1) is 23.2 Å². The number of nitrogens with zero attached hydrogens (tertiary/aromatic N) is 3. The van der Waals surface area contributed by atoms with Gasteiger partial charge in [-0.3, -0.25) is 4.68 Å². The number of nitrogens with two attached hydrogens (primary N) is 1. The minimum atomic E-state index is -0.0108. The zero-order chi connectivity index (χ0) is 13.7. The Kier molecular flexibility index (Phi) is 2.92. The molecule has 1 heterocycles. The van der Waals surface area contributed by atoms with Gasteiger partial charge in [-0.05, 0) is 75.0 Å². The molecule has 5 rings (SSSR count). The molecule has 4 fully saturated rings. The molecule has 1 unspecified atom stereocenters. The molecule has 110 valence electrons. The lowest BCUT2D eigenvalue weighted by atomic mass is 9.49. The molecule has 4 aliphatic carbocycles. The normalized spacial score (nSPS) is 40.2. The van der Waals surface area contributed by atoms with Crippen LogP contribution in [0.3, 0.4) is 0 Å². The highest BCUT2D eigenvalue weighted by atomic mass is 15.4. The molecular formula is C16H26N4. The van der Waals surface area contributed by atoms with Gasteiger partial charge in [0.2, 0.25) is 0 Å². The Morgan fingerprint density at radius 1 is 1.25 bits per heavy atom. The van der Waals surface area contributed by atoms with Gasteiger partial charge >= 0.3 is 0 Å². The van der Waals surface area contributed by atoms with Crippen LogP contribution in [0.2, 0.25) is 0 Å². The Morgan fingerprint density at radius 2 is 1.85 bits per heavy atom. The average Bonchev–Trinajstić information content (AvgIpc) is 2.84. The molecule has 4 bridgehead atoms. The van der Waals surface area contributed by atoms with Crippen LogP contribution in [0.1, 0.15) is 63.6 Å². The highest BCUT2D eigenvalue weighted by molar-refractivity contribution is 5.02. The van der Waals surface area contributed by atoms with Crippen LogP contribution in [-0.4, -0.2) is 15.0 Å². The summed E-state index contributed by atoms with van der Waals surface area (Å²) in [5.74, 6) is 3.12. The molecule has 1 atom stereocenters. The van der Waals surface area contributed by atoms with E-state index in [1.807, 2.05) is 17.8 Å². The Balaban J connectivity index is 1.43. The van der Waals surface area contributed by atoms with E-state index < -0.39 is 0 Å². The summed E-state index contributed by atoms with van der Waals surface area (Å²) in [7, 11) is 0. The molecule has 4 heteroatoms. The Labute approximate surface area is 121 Å². The smallest absolute Gasteiger partial charge is 0.0991 e. The maximum absolute atomic E-state index is 5.85. The molecular weight excluding hydrogens is 248 g/mol. The predicted octanol–water partition coefficient (Wildman–Crippen LogP) is 2.90. The van der Waals surface area contributed by atoms with E-state index in [4.69, 9.17) is 5.73 Å². The second-order valence-corrected chi connectivity index (χ2v) is 7.86. The summed E-state index contributed by atoms with van der Waals surface area (Å²) in [6, 6.07) is -0.0108. The summed E-state index contributed by atoms with van der Waals surface area (Å²) in [6.45, 7) is 2.99. The van der Waals surface area contributed by atoms with Gasteiger partial charge in [-0.25, -0.2) is 0 Å². The maximum Gasteiger partial charge on any atom is 0.0991 e. The zero-order valence-electron chi connectivity index (χ0n) is 12.5. The molecule has 20 heavy (non-hydrogen) atoms. The van der Waals surface area contributed by atoms with Gasteiger partial charge in [0, 0.05) is 12.6 Å². The SMILES string of the molecule is CC(N)c1cn(CCC23CC4CC(CC(C4)C2)C3)nn1. The summed E-state index contributed by atoms with van der Waals surface area (Å²) >= 11 is 0. The van der Waals surface area contributed by atoms with Crippen molar-refractivity contribution >= 4 is 0 Å². The Hall–Kier alpha value is -0.900. The summed E-state index contributed by atoms with van der Waals surface area (Å²) in [5, 5.41) is 8.41. The molecule has 4 aliphatic rings. The first kappa shape index (κ1) is 12.8. The van der Waals surface area contributed by atoms with Crippen LogP contribution in [0.5, 0.6) is 0 Å². The van der Waals surface area contributed by atoms with Crippen molar-refractivity contribution in [1.29, 1.82) is 0 Å². The minimum absolute atomic E-state index is 0.0108. The average molecular weight is 274 g/mol. The lowest BCUT2D eigenvalue weighted by molar-refractivity contribution is -0.0596. The molecule has 1 aromatic heterocycles. The number of hydrogen-bond acceptors (Lipinski definition) is 3. The molecule has 0 saturated heterocycles. The quantitative estimate of drug-likeness (QED) is 0.918. The summed E-state index contributed by atoms with van der Waals surface area (Å²) in [4.78, 5) is 0. The Bertz CT molecular complexity index is 455. The zero-order valence-corrected chi connectivity index (χ0v) is 12.5. The van der Waals surface area contributed by atoms with Crippen LogP contribution in [0.4, 0.5) is 0 Å². The van der Waals surface area contributed by atoms with E-state index in [1.165, 1.54) is 44.9 Å². The molecule has 0 radical (unpaired) electrons. The highest BCUT2D eigenvalue weighted by Gasteiger charge is 2.50. The lowest BCUT2D eigenvalue weighted by Crippen LogP contribution is -2.46. The van der Waals surface area contributed by atoms with Crippen molar-refractivity contribution in [2.24, 2.45) is 28.9 Å². The van der Waals surface area contributed by atoms with Crippen molar-refractivity contribution in [2.75, 3.05) is 0 Å². The van der Waals surface area contributed by atoms with Crippen LogP contribution in [0.15, 0.2) is 6.20 Å². The third kappa shape index (κ3) is 2.18. The number of aryl methyl sites for hydroxylation is 1. The summed E-state index contributed by atoms with van der Waals surface area (Å²) in [6.07, 6.45) is 12.3. The second kappa shape index (κ2) is 4.55. The third-order valence-corrected chi connectivity index (χ3v) is 6.06. The van der Waals surface area contributed by atoms with E-state index >= 15 is 0 Å². The van der Waals surface area contributed by atoms with Gasteiger partial charge in [0.05, 0.1) is 11.9 Å². The van der Waals surface area contributed by atoms with Gasteiger partial charge in [-0.1, -0.05) is 5.21 Å². The molecule has 1 aromatic rings. The van der Waals surface area contributed by atoms with Crippen molar-refractivity contribution in [3.05, 3.63) is 11.9 Å². The van der Waals surface area contributed by atoms with Crippen LogP contribution < -0.4 is 5.73 Å². The monoisotopic (exact) mass is 274 g/mol. The first-order chi connectivity index (χ1) is 9.62. The summed E-state index contributed by atoms with van der Waals surface area (Å²) in [5.41, 5.74) is 7.40. The van der Waals surface area contributed by atoms with Gasteiger partial charge in [-0.15, -0.1) is 5.10 Å². The van der Waals surface area contributed by atoms with Crippen molar-refractivity contribution in [3.63, 3.8) is 0 Å². The summed E-state index contributed by atoms with van der Waals surface area (Å²) < 4.78 is 2.01. The standard InChI is InChI=1S/C16H26N4/c1-11(17)15-10-20(19-18-15)3-2-16-7-12-4-13(8-16)6-14(5-12)9-16/h10-14H,2-9,17H2,1H3.